The van der Waals surface area contributed by atoms with E-state index in [-0.39, 0.29) is 23.7 Å². The number of carbonyl (C=O) groups excluding carboxylic acids is 1. The first kappa shape index (κ1) is 18.2. The van der Waals surface area contributed by atoms with Gasteiger partial charge in [-0.15, -0.1) is 5.10 Å². The monoisotopic (exact) mass is 381 g/mol. The molecule has 1 unspecified atom stereocenters. The van der Waals surface area contributed by atoms with Gasteiger partial charge in [0.15, 0.2) is 0 Å². The van der Waals surface area contributed by atoms with Gasteiger partial charge in [0.1, 0.15) is 11.5 Å². The molecule has 0 saturated carbocycles. The quantitative estimate of drug-likeness (QED) is 0.886. The van der Waals surface area contributed by atoms with Crippen LogP contribution in [-0.4, -0.2) is 51.2 Å². The average molecular weight is 382 g/mol. The first-order valence-electron chi connectivity index (χ1n) is 8.33. The molecule has 0 spiro atoms. The third-order valence-electron chi connectivity index (χ3n) is 4.25. The van der Waals surface area contributed by atoms with E-state index in [1.54, 1.807) is 27.8 Å². The second kappa shape index (κ2) is 7.32. The minimum absolute atomic E-state index is 0.0573. The van der Waals surface area contributed by atoms with E-state index in [4.69, 9.17) is 23.2 Å². The van der Waals surface area contributed by atoms with Gasteiger partial charge in [-0.05, 0) is 19.1 Å². The van der Waals surface area contributed by atoms with E-state index in [0.717, 1.165) is 13.1 Å². The second-order valence-corrected chi connectivity index (χ2v) is 7.30. The van der Waals surface area contributed by atoms with Crippen LogP contribution in [0.2, 0.25) is 10.0 Å². The van der Waals surface area contributed by atoms with Crippen LogP contribution >= 0.6 is 23.2 Å². The minimum atomic E-state index is -0.169. The first-order chi connectivity index (χ1) is 11.9. The molecule has 6 nitrogen and oxygen atoms in total. The number of benzene rings is 1. The number of rotatable bonds is 3. The van der Waals surface area contributed by atoms with Crippen LogP contribution in [-0.2, 0) is 0 Å². The molecule has 3 rings (SSSR count). The Labute approximate surface area is 157 Å². The van der Waals surface area contributed by atoms with Crippen LogP contribution in [0.5, 0.6) is 0 Å². The van der Waals surface area contributed by atoms with Gasteiger partial charge < -0.3 is 10.2 Å². The molecule has 1 N–H and O–H groups in total. The smallest absolute Gasteiger partial charge is 0.293 e. The fraction of sp³-hybridized carbons (Fsp3) is 0.471. The summed E-state index contributed by atoms with van der Waals surface area (Å²) in [5.74, 6) is 0.717. The van der Waals surface area contributed by atoms with Gasteiger partial charge in [0.05, 0.1) is 10.0 Å². The Morgan fingerprint density at radius 2 is 2.00 bits per heavy atom. The van der Waals surface area contributed by atoms with Crippen molar-refractivity contribution in [3.8, 4) is 5.69 Å². The van der Waals surface area contributed by atoms with E-state index in [1.165, 1.54) is 0 Å². The highest BCUT2D eigenvalue weighted by Gasteiger charge is 2.29. The van der Waals surface area contributed by atoms with Gasteiger partial charge in [0.25, 0.3) is 5.91 Å². The van der Waals surface area contributed by atoms with Gasteiger partial charge in [-0.1, -0.05) is 43.1 Å². The van der Waals surface area contributed by atoms with E-state index in [9.17, 15) is 4.79 Å². The summed E-state index contributed by atoms with van der Waals surface area (Å²) in [5.41, 5.74) is 0.550. The fourth-order valence-electron chi connectivity index (χ4n) is 2.92. The highest BCUT2D eigenvalue weighted by Crippen LogP contribution is 2.30. The number of hydrogen-bond donors (Lipinski definition) is 1. The van der Waals surface area contributed by atoms with Gasteiger partial charge in [-0.25, -0.2) is 9.67 Å². The molecule has 2 aromatic rings. The molecule has 1 aromatic carbocycles. The molecular formula is C17H21Cl2N5O. The Hall–Kier alpha value is -1.63. The van der Waals surface area contributed by atoms with Gasteiger partial charge in [0, 0.05) is 31.6 Å². The molecule has 25 heavy (non-hydrogen) atoms. The molecule has 1 aliphatic heterocycles. The zero-order chi connectivity index (χ0) is 18.1. The zero-order valence-corrected chi connectivity index (χ0v) is 16.0. The summed E-state index contributed by atoms with van der Waals surface area (Å²) in [6.45, 7) is 8.16. The van der Waals surface area contributed by atoms with Crippen LogP contribution in [0.25, 0.3) is 5.69 Å². The van der Waals surface area contributed by atoms with E-state index >= 15 is 0 Å². The van der Waals surface area contributed by atoms with Crippen molar-refractivity contribution >= 4 is 29.1 Å². The lowest BCUT2D eigenvalue weighted by Gasteiger charge is -2.33. The van der Waals surface area contributed by atoms with E-state index in [2.05, 4.69) is 15.4 Å². The summed E-state index contributed by atoms with van der Waals surface area (Å²) in [5, 5.41) is 8.66. The van der Waals surface area contributed by atoms with Crippen molar-refractivity contribution in [1.82, 2.24) is 25.0 Å². The molecule has 1 aliphatic rings. The molecule has 1 aromatic heterocycles. The molecule has 0 bridgehead atoms. The predicted octanol–water partition coefficient (Wildman–Crippen LogP) is 3.13. The maximum atomic E-state index is 12.9. The van der Waals surface area contributed by atoms with Crippen molar-refractivity contribution in [2.75, 3.05) is 19.6 Å². The number of para-hydroxylation sites is 1. The van der Waals surface area contributed by atoms with Gasteiger partial charge in [-0.2, -0.15) is 0 Å². The molecule has 0 aliphatic carbocycles. The Morgan fingerprint density at radius 1 is 1.32 bits per heavy atom. The summed E-state index contributed by atoms with van der Waals surface area (Å²) >= 11 is 12.6. The number of carbonyl (C=O) groups is 1. The lowest BCUT2D eigenvalue weighted by molar-refractivity contribution is 0.0643. The Morgan fingerprint density at radius 3 is 2.60 bits per heavy atom. The van der Waals surface area contributed by atoms with Crippen LogP contribution in [0.3, 0.4) is 0 Å². The van der Waals surface area contributed by atoms with E-state index in [0.29, 0.717) is 28.1 Å². The number of halogens is 2. The van der Waals surface area contributed by atoms with Crippen LogP contribution in [0.1, 0.15) is 43.1 Å². The van der Waals surface area contributed by atoms with Crippen molar-refractivity contribution < 1.29 is 4.79 Å². The molecule has 0 radical (unpaired) electrons. The van der Waals surface area contributed by atoms with Crippen LogP contribution in [0.15, 0.2) is 18.2 Å². The molecule has 8 heteroatoms. The van der Waals surface area contributed by atoms with Crippen molar-refractivity contribution in [3.63, 3.8) is 0 Å². The standard InChI is InChI=1S/C17H21Cl2N5O/c1-10(2)16-21-15(17(25)23-8-7-20-9-11(23)3)22-24(16)14-12(18)5-4-6-13(14)19/h4-6,10-11,20H,7-9H2,1-3H3. The second-order valence-electron chi connectivity index (χ2n) is 6.48. The van der Waals surface area contributed by atoms with Crippen LogP contribution in [0, 0.1) is 0 Å². The Bertz CT molecular complexity index is 769. The van der Waals surface area contributed by atoms with Crippen molar-refractivity contribution in [2.45, 2.75) is 32.7 Å². The van der Waals surface area contributed by atoms with Crippen LogP contribution < -0.4 is 5.32 Å². The van der Waals surface area contributed by atoms with E-state index in [1.807, 2.05) is 20.8 Å². The predicted molar refractivity (Wildman–Crippen MR) is 98.8 cm³/mol. The fourth-order valence-corrected chi connectivity index (χ4v) is 3.47. The Balaban J connectivity index is 2.05. The number of hydrogen-bond acceptors (Lipinski definition) is 4. The number of piperazine rings is 1. The maximum absolute atomic E-state index is 12.9. The van der Waals surface area contributed by atoms with Gasteiger partial charge >= 0.3 is 0 Å². The number of aromatic nitrogens is 3. The third-order valence-corrected chi connectivity index (χ3v) is 4.86. The van der Waals surface area contributed by atoms with Gasteiger partial charge in [0.2, 0.25) is 5.82 Å². The normalized spacial score (nSPS) is 18.0. The molecule has 1 fully saturated rings. The third kappa shape index (κ3) is 3.52. The van der Waals surface area contributed by atoms with Crippen molar-refractivity contribution in [3.05, 3.63) is 39.9 Å². The maximum Gasteiger partial charge on any atom is 0.293 e. The SMILES string of the molecule is CC(C)c1nc(C(=O)N2CCNCC2C)nn1-c1c(Cl)cccc1Cl. The largest absolute Gasteiger partial charge is 0.331 e. The average Bonchev–Trinajstić information content (AvgIpc) is 3.00. The summed E-state index contributed by atoms with van der Waals surface area (Å²) < 4.78 is 1.59. The molecule has 134 valence electrons. The molecule has 1 saturated heterocycles. The first-order valence-corrected chi connectivity index (χ1v) is 9.08. The summed E-state index contributed by atoms with van der Waals surface area (Å²) in [7, 11) is 0. The van der Waals surface area contributed by atoms with Crippen molar-refractivity contribution in [2.24, 2.45) is 0 Å². The topological polar surface area (TPSA) is 63.1 Å². The number of amides is 1. The summed E-state index contributed by atoms with van der Waals surface area (Å²) in [6.07, 6.45) is 0. The van der Waals surface area contributed by atoms with Gasteiger partial charge in [-0.3, -0.25) is 4.79 Å². The minimum Gasteiger partial charge on any atom is -0.331 e. The number of nitrogens with zero attached hydrogens (tertiary/aromatic N) is 4. The zero-order valence-electron chi connectivity index (χ0n) is 14.5. The lowest BCUT2D eigenvalue weighted by Crippen LogP contribution is -2.52. The molecule has 2 heterocycles. The van der Waals surface area contributed by atoms with E-state index < -0.39 is 0 Å². The summed E-state index contributed by atoms with van der Waals surface area (Å²) in [4.78, 5) is 19.2. The Kier molecular flexibility index (Phi) is 5.32. The molecule has 1 amide bonds. The highest BCUT2D eigenvalue weighted by atomic mass is 35.5. The number of nitrogens with one attached hydrogen (secondary N) is 1. The summed E-state index contributed by atoms with van der Waals surface area (Å²) in [6, 6.07) is 5.36. The molecule has 1 atom stereocenters. The van der Waals surface area contributed by atoms with Crippen molar-refractivity contribution in [1.29, 1.82) is 0 Å². The highest BCUT2D eigenvalue weighted by molar-refractivity contribution is 6.37. The van der Waals surface area contributed by atoms with Crippen LogP contribution in [0.4, 0.5) is 0 Å². The lowest BCUT2D eigenvalue weighted by atomic mass is 10.2. The molecular weight excluding hydrogens is 361 g/mol.